The van der Waals surface area contributed by atoms with Gasteiger partial charge in [-0.2, -0.15) is 4.68 Å². The van der Waals surface area contributed by atoms with Crippen LogP contribution in [-0.2, 0) is 0 Å². The molecule has 0 aliphatic rings. The quantitative estimate of drug-likeness (QED) is 0.544. The van der Waals surface area contributed by atoms with Crippen molar-refractivity contribution in [3.63, 3.8) is 0 Å². The number of nitrogens with zero attached hydrogens (tertiary/aromatic N) is 4. The largest absolute Gasteiger partial charge is 0.279 e. The Morgan fingerprint density at radius 2 is 2.31 bits per heavy atom. The Kier molecular flexibility index (Phi) is 2.42. The smallest absolute Gasteiger partial charge is 0.267 e. The van der Waals surface area contributed by atoms with Gasteiger partial charge in [0.25, 0.3) is 11.6 Å². The Bertz CT molecular complexity index is 535. The summed E-state index contributed by atoms with van der Waals surface area (Å²) in [6.45, 7) is 0. The lowest BCUT2D eigenvalue weighted by Crippen LogP contribution is -2.12. The molecule has 0 spiro atoms. The molecule has 1 radical (unpaired) electrons. The second kappa shape index (κ2) is 3.89. The molecule has 0 amide bonds. The van der Waals surface area contributed by atoms with Gasteiger partial charge in [0.15, 0.2) is 0 Å². The van der Waals surface area contributed by atoms with E-state index in [2.05, 4.69) is 16.5 Å². The highest BCUT2D eigenvalue weighted by atomic mass is 16.6. The highest BCUT2D eigenvalue weighted by Gasteiger charge is 2.13. The van der Waals surface area contributed by atoms with E-state index in [4.69, 9.17) is 0 Å². The second-order valence-corrected chi connectivity index (χ2v) is 2.90. The lowest BCUT2D eigenvalue weighted by Gasteiger charge is -1.98. The lowest BCUT2D eigenvalue weighted by molar-refractivity contribution is -0.384. The molecule has 0 fully saturated rings. The summed E-state index contributed by atoms with van der Waals surface area (Å²) in [5.74, 6) is -0.488. The molecule has 1 aromatic carbocycles. The number of nitro benzene ring substituents is 1. The molecule has 0 saturated carbocycles. The van der Waals surface area contributed by atoms with Gasteiger partial charge in [-0.1, -0.05) is 11.3 Å². The van der Waals surface area contributed by atoms with E-state index in [1.165, 1.54) is 30.5 Å². The fourth-order valence-electron chi connectivity index (χ4n) is 1.16. The average molecular weight is 217 g/mol. The van der Waals surface area contributed by atoms with Gasteiger partial charge in [-0.3, -0.25) is 14.9 Å². The number of nitro groups is 1. The molecular formula is C9H5N4O3. The Hall–Kier alpha value is -2.57. The molecule has 79 valence electrons. The molecule has 0 atom stereocenters. The molecular weight excluding hydrogens is 212 g/mol. The molecule has 2 aromatic rings. The van der Waals surface area contributed by atoms with Crippen molar-refractivity contribution in [3.8, 4) is 0 Å². The number of rotatable bonds is 2. The van der Waals surface area contributed by atoms with Gasteiger partial charge in [-0.05, 0) is 6.07 Å². The molecule has 7 heteroatoms. The van der Waals surface area contributed by atoms with Gasteiger partial charge in [0.1, 0.15) is 6.20 Å². The van der Waals surface area contributed by atoms with Crippen LogP contribution in [0.15, 0.2) is 30.5 Å². The van der Waals surface area contributed by atoms with Crippen LogP contribution < -0.4 is 0 Å². The molecule has 0 aliphatic heterocycles. The number of hydrogen-bond donors (Lipinski definition) is 0. The van der Waals surface area contributed by atoms with Crippen LogP contribution in [0.3, 0.4) is 0 Å². The van der Waals surface area contributed by atoms with E-state index in [0.29, 0.717) is 0 Å². The van der Waals surface area contributed by atoms with E-state index in [1.54, 1.807) is 0 Å². The van der Waals surface area contributed by atoms with Crippen LogP contribution in [0.2, 0.25) is 0 Å². The van der Waals surface area contributed by atoms with Crippen molar-refractivity contribution in [3.05, 3.63) is 52.3 Å². The SMILES string of the molecule is O=C(c1cccc([N+](=O)[O-])c1)n1c[c]nn1. The van der Waals surface area contributed by atoms with Crippen LogP contribution in [-0.4, -0.2) is 25.8 Å². The maximum atomic E-state index is 11.7. The van der Waals surface area contributed by atoms with Gasteiger partial charge in [0, 0.05) is 17.7 Å². The van der Waals surface area contributed by atoms with Crippen LogP contribution in [0, 0.1) is 16.3 Å². The Balaban J connectivity index is 2.38. The molecule has 16 heavy (non-hydrogen) atoms. The van der Waals surface area contributed by atoms with E-state index < -0.39 is 10.8 Å². The van der Waals surface area contributed by atoms with Crippen LogP contribution in [0.4, 0.5) is 5.69 Å². The van der Waals surface area contributed by atoms with Crippen molar-refractivity contribution >= 4 is 11.6 Å². The lowest BCUT2D eigenvalue weighted by atomic mass is 10.2. The normalized spacial score (nSPS) is 10.0. The number of benzene rings is 1. The fraction of sp³-hybridized carbons (Fsp3) is 0. The van der Waals surface area contributed by atoms with E-state index in [1.807, 2.05) is 0 Å². The van der Waals surface area contributed by atoms with Crippen molar-refractivity contribution < 1.29 is 9.72 Å². The van der Waals surface area contributed by atoms with Crippen molar-refractivity contribution in [1.29, 1.82) is 0 Å². The molecule has 7 nitrogen and oxygen atoms in total. The van der Waals surface area contributed by atoms with Gasteiger partial charge < -0.3 is 0 Å². The third-order valence-corrected chi connectivity index (χ3v) is 1.89. The van der Waals surface area contributed by atoms with Crippen molar-refractivity contribution in [1.82, 2.24) is 15.0 Å². The minimum Gasteiger partial charge on any atom is -0.267 e. The van der Waals surface area contributed by atoms with Crippen molar-refractivity contribution in [2.75, 3.05) is 0 Å². The minimum atomic E-state index is -0.565. The maximum Gasteiger partial charge on any atom is 0.279 e. The summed E-state index contributed by atoms with van der Waals surface area (Å²) in [6.07, 6.45) is 3.62. The molecule has 0 N–H and O–H groups in total. The number of carbonyl (C=O) groups is 1. The van der Waals surface area contributed by atoms with Gasteiger partial charge in [-0.25, -0.2) is 0 Å². The molecule has 1 aromatic heterocycles. The number of carbonyl (C=O) groups excluding carboxylic acids is 1. The maximum absolute atomic E-state index is 11.7. The summed E-state index contributed by atoms with van der Waals surface area (Å²) in [5.41, 5.74) is 0.0306. The molecule has 2 rings (SSSR count). The Morgan fingerprint density at radius 1 is 1.50 bits per heavy atom. The van der Waals surface area contributed by atoms with E-state index >= 15 is 0 Å². The molecule has 1 heterocycles. The standard InChI is InChI=1S/C9H5N4O3/c14-9(12-5-4-10-11-12)7-2-1-3-8(6-7)13(15)16/h1-3,5-6H. The summed E-state index contributed by atoms with van der Waals surface area (Å²) in [7, 11) is 0. The zero-order valence-electron chi connectivity index (χ0n) is 7.90. The summed E-state index contributed by atoms with van der Waals surface area (Å²) in [6, 6.07) is 5.40. The number of hydrogen-bond acceptors (Lipinski definition) is 5. The first-order valence-corrected chi connectivity index (χ1v) is 4.26. The first kappa shape index (κ1) is 9.97. The predicted molar refractivity (Wildman–Crippen MR) is 51.7 cm³/mol. The minimum absolute atomic E-state index is 0.144. The van der Waals surface area contributed by atoms with Crippen LogP contribution in [0.25, 0.3) is 0 Å². The van der Waals surface area contributed by atoms with E-state index in [-0.39, 0.29) is 11.3 Å². The topological polar surface area (TPSA) is 90.9 Å². The Morgan fingerprint density at radius 3 is 2.94 bits per heavy atom. The summed E-state index contributed by atoms with van der Waals surface area (Å²) in [5, 5.41) is 17.3. The molecule has 0 bridgehead atoms. The van der Waals surface area contributed by atoms with Gasteiger partial charge in [0.2, 0.25) is 0 Å². The van der Waals surface area contributed by atoms with Gasteiger partial charge in [0.05, 0.1) is 11.1 Å². The van der Waals surface area contributed by atoms with Crippen LogP contribution in [0.1, 0.15) is 10.4 Å². The van der Waals surface area contributed by atoms with E-state index in [0.717, 1.165) is 4.68 Å². The van der Waals surface area contributed by atoms with Gasteiger partial charge in [-0.15, -0.1) is 5.10 Å². The average Bonchev–Trinajstić information content (AvgIpc) is 2.81. The van der Waals surface area contributed by atoms with Crippen LogP contribution >= 0.6 is 0 Å². The van der Waals surface area contributed by atoms with Crippen molar-refractivity contribution in [2.45, 2.75) is 0 Å². The monoisotopic (exact) mass is 217 g/mol. The predicted octanol–water partition coefficient (Wildman–Crippen LogP) is 0.675. The zero-order valence-corrected chi connectivity index (χ0v) is 7.90. The number of non-ortho nitro benzene ring substituents is 1. The molecule has 0 saturated heterocycles. The third kappa shape index (κ3) is 1.78. The van der Waals surface area contributed by atoms with Crippen LogP contribution in [0.5, 0.6) is 0 Å². The highest BCUT2D eigenvalue weighted by Crippen LogP contribution is 2.13. The van der Waals surface area contributed by atoms with Crippen molar-refractivity contribution in [2.24, 2.45) is 0 Å². The fourth-order valence-corrected chi connectivity index (χ4v) is 1.16. The number of aromatic nitrogens is 3. The highest BCUT2D eigenvalue weighted by molar-refractivity contribution is 5.95. The molecule has 0 aliphatic carbocycles. The summed E-state index contributed by atoms with van der Waals surface area (Å²) in [4.78, 5) is 21.7. The summed E-state index contributed by atoms with van der Waals surface area (Å²) >= 11 is 0. The molecule has 0 unspecified atom stereocenters. The Labute approximate surface area is 89.5 Å². The zero-order chi connectivity index (χ0) is 11.5. The first-order valence-electron chi connectivity index (χ1n) is 4.26. The van der Waals surface area contributed by atoms with E-state index in [9.17, 15) is 14.9 Å². The van der Waals surface area contributed by atoms with Gasteiger partial charge >= 0.3 is 0 Å². The first-order chi connectivity index (χ1) is 7.68. The third-order valence-electron chi connectivity index (χ3n) is 1.89. The second-order valence-electron chi connectivity index (χ2n) is 2.90. The summed E-state index contributed by atoms with van der Waals surface area (Å²) < 4.78 is 0.957.